The molecule has 76 valence electrons. The maximum atomic E-state index is 4.35. The van der Waals surface area contributed by atoms with Crippen molar-refractivity contribution in [2.45, 2.75) is 25.9 Å². The van der Waals surface area contributed by atoms with Gasteiger partial charge in [0.25, 0.3) is 0 Å². The van der Waals surface area contributed by atoms with Crippen LogP contribution in [0.4, 0.5) is 5.82 Å². The van der Waals surface area contributed by atoms with Crippen LogP contribution in [0.25, 0.3) is 0 Å². The number of hydrogen-bond donors (Lipinski definition) is 2. The third-order valence-corrected chi connectivity index (χ3v) is 2.82. The first-order valence-corrected chi connectivity index (χ1v) is 5.49. The Labute approximate surface area is 92.4 Å². The van der Waals surface area contributed by atoms with Crippen LogP contribution < -0.4 is 10.6 Å². The predicted molar refractivity (Wildman–Crippen MR) is 61.3 cm³/mol. The fourth-order valence-corrected chi connectivity index (χ4v) is 1.86. The monoisotopic (exact) mass is 255 g/mol. The molecule has 0 unspecified atom stereocenters. The van der Waals surface area contributed by atoms with Gasteiger partial charge in [-0.1, -0.05) is 0 Å². The third kappa shape index (κ3) is 2.07. The van der Waals surface area contributed by atoms with Crippen molar-refractivity contribution in [1.82, 2.24) is 10.3 Å². The van der Waals surface area contributed by atoms with Crippen LogP contribution in [0.5, 0.6) is 0 Å². The topological polar surface area (TPSA) is 37.0 Å². The highest BCUT2D eigenvalue weighted by Crippen LogP contribution is 2.21. The number of halogens is 1. The molecular formula is C10H14BrN3. The van der Waals surface area contributed by atoms with E-state index in [-0.39, 0.29) is 5.54 Å². The van der Waals surface area contributed by atoms with Gasteiger partial charge in [0.2, 0.25) is 0 Å². The molecule has 1 aliphatic heterocycles. The Balaban J connectivity index is 2.30. The van der Waals surface area contributed by atoms with E-state index in [0.29, 0.717) is 0 Å². The van der Waals surface area contributed by atoms with Crippen molar-refractivity contribution in [2.75, 3.05) is 11.9 Å². The fourth-order valence-electron chi connectivity index (χ4n) is 1.48. The van der Waals surface area contributed by atoms with E-state index in [1.807, 2.05) is 6.20 Å². The second-order valence-electron chi connectivity index (χ2n) is 4.25. The molecule has 3 nitrogen and oxygen atoms in total. The zero-order valence-corrected chi connectivity index (χ0v) is 9.98. The number of aromatic nitrogens is 1. The molecule has 1 aliphatic rings. The van der Waals surface area contributed by atoms with Gasteiger partial charge < -0.3 is 10.6 Å². The molecule has 0 spiro atoms. The quantitative estimate of drug-likeness (QED) is 0.746. The molecule has 4 heteroatoms. The number of nitrogens with one attached hydrogen (secondary N) is 2. The van der Waals surface area contributed by atoms with Crippen LogP contribution >= 0.6 is 15.9 Å². The van der Waals surface area contributed by atoms with Gasteiger partial charge in [-0.15, -0.1) is 0 Å². The molecular weight excluding hydrogens is 242 g/mol. The van der Waals surface area contributed by atoms with Crippen LogP contribution in [0.2, 0.25) is 0 Å². The summed E-state index contributed by atoms with van der Waals surface area (Å²) in [6.45, 7) is 6.12. The van der Waals surface area contributed by atoms with Gasteiger partial charge in [-0.05, 0) is 35.8 Å². The number of fused-ring (bicyclic) bond motifs is 1. The maximum Gasteiger partial charge on any atom is 0.130 e. The first kappa shape index (κ1) is 9.93. The molecule has 0 saturated carbocycles. The zero-order chi connectivity index (χ0) is 10.2. The van der Waals surface area contributed by atoms with Crippen molar-refractivity contribution in [3.05, 3.63) is 22.3 Å². The molecule has 0 fully saturated rings. The number of pyridine rings is 1. The van der Waals surface area contributed by atoms with Crippen LogP contribution in [-0.4, -0.2) is 17.1 Å². The summed E-state index contributed by atoms with van der Waals surface area (Å²) in [6.07, 6.45) is 1.82. The summed E-state index contributed by atoms with van der Waals surface area (Å²) < 4.78 is 1.03. The van der Waals surface area contributed by atoms with Gasteiger partial charge in [-0.2, -0.15) is 0 Å². The molecule has 2 N–H and O–H groups in total. The average Bonchev–Trinajstić information content (AvgIpc) is 2.26. The molecule has 0 aromatic carbocycles. The molecule has 14 heavy (non-hydrogen) atoms. The summed E-state index contributed by atoms with van der Waals surface area (Å²) >= 11 is 3.43. The van der Waals surface area contributed by atoms with Crippen LogP contribution in [0.3, 0.4) is 0 Å². The van der Waals surface area contributed by atoms with Crippen molar-refractivity contribution in [1.29, 1.82) is 0 Å². The predicted octanol–water partition coefficient (Wildman–Crippen LogP) is 2.14. The van der Waals surface area contributed by atoms with Crippen molar-refractivity contribution >= 4 is 21.7 Å². The van der Waals surface area contributed by atoms with Gasteiger partial charge in [0.05, 0.1) is 0 Å². The fraction of sp³-hybridized carbons (Fsp3) is 0.500. The molecule has 0 bridgehead atoms. The van der Waals surface area contributed by atoms with E-state index in [2.05, 4.69) is 51.5 Å². The second kappa shape index (κ2) is 3.51. The van der Waals surface area contributed by atoms with Gasteiger partial charge in [-0.3, -0.25) is 0 Å². The summed E-state index contributed by atoms with van der Waals surface area (Å²) in [4.78, 5) is 4.35. The van der Waals surface area contributed by atoms with Crippen LogP contribution in [0.1, 0.15) is 19.4 Å². The minimum Gasteiger partial charge on any atom is -0.368 e. The molecule has 0 amide bonds. The van der Waals surface area contributed by atoms with E-state index >= 15 is 0 Å². The van der Waals surface area contributed by atoms with Gasteiger partial charge in [0, 0.05) is 34.9 Å². The van der Waals surface area contributed by atoms with Gasteiger partial charge in [0.15, 0.2) is 0 Å². The highest BCUT2D eigenvalue weighted by Gasteiger charge is 2.21. The smallest absolute Gasteiger partial charge is 0.130 e. The normalized spacial score (nSPS) is 19.4. The van der Waals surface area contributed by atoms with E-state index in [1.54, 1.807) is 0 Å². The molecule has 0 atom stereocenters. The SMILES string of the molecule is CC1(C)CNc2ncc(Br)cc2CN1. The maximum absolute atomic E-state index is 4.35. The second-order valence-corrected chi connectivity index (χ2v) is 5.17. The van der Waals surface area contributed by atoms with Gasteiger partial charge in [0.1, 0.15) is 5.82 Å². The summed E-state index contributed by atoms with van der Waals surface area (Å²) in [5, 5.41) is 6.83. The largest absolute Gasteiger partial charge is 0.368 e. The van der Waals surface area contributed by atoms with Crippen LogP contribution in [0, 0.1) is 0 Å². The van der Waals surface area contributed by atoms with Crippen molar-refractivity contribution < 1.29 is 0 Å². The lowest BCUT2D eigenvalue weighted by molar-refractivity contribution is 0.414. The standard InChI is InChI=1S/C10H14BrN3/c1-10(2)6-13-9-7(4-14-10)3-8(11)5-12-9/h3,5,14H,4,6H2,1-2H3,(H,12,13). The molecule has 0 saturated heterocycles. The van der Waals surface area contributed by atoms with Crippen LogP contribution in [-0.2, 0) is 6.54 Å². The molecule has 1 aromatic heterocycles. The highest BCUT2D eigenvalue weighted by molar-refractivity contribution is 9.10. The number of rotatable bonds is 0. The van der Waals surface area contributed by atoms with Gasteiger partial charge >= 0.3 is 0 Å². The molecule has 1 aromatic rings. The van der Waals surface area contributed by atoms with Gasteiger partial charge in [-0.25, -0.2) is 4.98 Å². The Hall–Kier alpha value is -0.610. The summed E-state index contributed by atoms with van der Waals surface area (Å²) in [5.41, 5.74) is 1.33. The van der Waals surface area contributed by atoms with Crippen molar-refractivity contribution in [3.8, 4) is 0 Å². The lowest BCUT2D eigenvalue weighted by Gasteiger charge is -2.23. The Bertz CT molecular complexity index is 349. The van der Waals surface area contributed by atoms with Crippen molar-refractivity contribution in [2.24, 2.45) is 0 Å². The van der Waals surface area contributed by atoms with E-state index in [4.69, 9.17) is 0 Å². The van der Waals surface area contributed by atoms with E-state index < -0.39 is 0 Å². The summed E-state index contributed by atoms with van der Waals surface area (Å²) in [5.74, 6) is 0.992. The average molecular weight is 256 g/mol. The summed E-state index contributed by atoms with van der Waals surface area (Å²) in [6, 6.07) is 2.10. The lowest BCUT2D eigenvalue weighted by atomic mass is 10.1. The minimum absolute atomic E-state index is 0.118. The molecule has 2 heterocycles. The Morgan fingerprint density at radius 1 is 1.50 bits per heavy atom. The first-order valence-electron chi connectivity index (χ1n) is 4.70. The Morgan fingerprint density at radius 3 is 3.07 bits per heavy atom. The van der Waals surface area contributed by atoms with E-state index in [9.17, 15) is 0 Å². The molecule has 0 radical (unpaired) electrons. The van der Waals surface area contributed by atoms with E-state index in [0.717, 1.165) is 23.4 Å². The van der Waals surface area contributed by atoms with E-state index in [1.165, 1.54) is 5.56 Å². The summed E-state index contributed by atoms with van der Waals surface area (Å²) in [7, 11) is 0. The Morgan fingerprint density at radius 2 is 2.29 bits per heavy atom. The number of hydrogen-bond acceptors (Lipinski definition) is 3. The lowest BCUT2D eigenvalue weighted by Crippen LogP contribution is -2.42. The Kier molecular flexibility index (Phi) is 2.49. The molecule has 0 aliphatic carbocycles. The number of anilines is 1. The number of nitrogens with zero attached hydrogens (tertiary/aromatic N) is 1. The zero-order valence-electron chi connectivity index (χ0n) is 8.39. The minimum atomic E-state index is 0.118. The first-order chi connectivity index (χ1) is 6.57. The van der Waals surface area contributed by atoms with Crippen molar-refractivity contribution in [3.63, 3.8) is 0 Å². The highest BCUT2D eigenvalue weighted by atomic mass is 79.9. The molecule has 2 rings (SSSR count). The third-order valence-electron chi connectivity index (χ3n) is 2.39. The van der Waals surface area contributed by atoms with Crippen LogP contribution in [0.15, 0.2) is 16.7 Å².